The molecule has 0 aromatic carbocycles. The van der Waals surface area contributed by atoms with E-state index in [1.54, 1.807) is 0 Å². The van der Waals surface area contributed by atoms with Gasteiger partial charge in [0.05, 0.1) is 6.61 Å². The van der Waals surface area contributed by atoms with Crippen LogP contribution < -0.4 is 0 Å². The van der Waals surface area contributed by atoms with E-state index in [2.05, 4.69) is 62.5 Å². The quantitative estimate of drug-likeness (QED) is 0.0373. The van der Waals surface area contributed by atoms with Gasteiger partial charge in [0.1, 0.15) is 6.61 Å². The predicted octanol–water partition coefficient (Wildman–Crippen LogP) is 22.4. The largest absolute Gasteiger partial charge is 0.462 e. The lowest BCUT2D eigenvalue weighted by atomic mass is 10.0. The summed E-state index contributed by atoms with van der Waals surface area (Å²) in [4.78, 5) is 24.6. The summed E-state index contributed by atoms with van der Waals surface area (Å²) in [6.07, 6.45) is 85.6. The van der Waals surface area contributed by atoms with Crippen LogP contribution in [0.15, 0.2) is 48.6 Å². The zero-order valence-electron chi connectivity index (χ0n) is 49.2. The molecule has 1 atom stereocenters. The first kappa shape index (κ1) is 70.9. The lowest BCUT2D eigenvalue weighted by molar-refractivity contribution is -0.161. The van der Waals surface area contributed by atoms with Crippen LogP contribution >= 0.6 is 0 Å². The van der Waals surface area contributed by atoms with Crippen LogP contribution in [0.2, 0.25) is 0 Å². The van der Waals surface area contributed by atoms with Crippen LogP contribution in [0.3, 0.4) is 0 Å². The highest BCUT2D eigenvalue weighted by molar-refractivity contribution is 5.70. The number of rotatable bonds is 61. The van der Waals surface area contributed by atoms with Crippen molar-refractivity contribution in [3.8, 4) is 0 Å². The Hall–Kier alpha value is -2.14. The molecule has 73 heavy (non-hydrogen) atoms. The first-order chi connectivity index (χ1) is 36.1. The normalized spacial score (nSPS) is 12.4. The molecule has 1 N–H and O–H groups in total. The number of hydrogen-bond donors (Lipinski definition) is 1. The van der Waals surface area contributed by atoms with Gasteiger partial charge in [-0.15, -0.1) is 0 Å². The Morgan fingerprint density at radius 3 is 0.890 bits per heavy atom. The minimum atomic E-state index is -0.771. The third-order valence-electron chi connectivity index (χ3n) is 14.9. The molecule has 0 saturated heterocycles. The van der Waals surface area contributed by atoms with Gasteiger partial charge in [0, 0.05) is 12.8 Å². The van der Waals surface area contributed by atoms with Crippen LogP contribution in [0.4, 0.5) is 0 Å². The van der Waals surface area contributed by atoms with Gasteiger partial charge in [-0.1, -0.05) is 339 Å². The molecule has 0 fully saturated rings. The van der Waals surface area contributed by atoms with Crippen molar-refractivity contribution in [3.05, 3.63) is 48.6 Å². The fraction of sp³-hybridized carbons (Fsp3) is 0.853. The Labute approximate surface area is 456 Å². The van der Waals surface area contributed by atoms with Crippen molar-refractivity contribution >= 4 is 11.9 Å². The van der Waals surface area contributed by atoms with Crippen molar-refractivity contribution in [2.75, 3.05) is 13.2 Å². The molecule has 0 heterocycles. The summed E-state index contributed by atoms with van der Waals surface area (Å²) in [5, 5.41) is 9.69. The minimum Gasteiger partial charge on any atom is -0.462 e. The number of aliphatic hydroxyl groups excluding tert-OH is 1. The second kappa shape index (κ2) is 64.1. The first-order valence-electron chi connectivity index (χ1n) is 32.7. The average molecular weight is 1020 g/mol. The van der Waals surface area contributed by atoms with Crippen molar-refractivity contribution in [1.82, 2.24) is 0 Å². The summed E-state index contributed by atoms with van der Waals surface area (Å²) in [7, 11) is 0. The van der Waals surface area contributed by atoms with Crippen molar-refractivity contribution in [2.45, 2.75) is 360 Å². The molecule has 0 amide bonds. The van der Waals surface area contributed by atoms with Gasteiger partial charge < -0.3 is 14.6 Å². The van der Waals surface area contributed by atoms with Crippen molar-refractivity contribution < 1.29 is 24.2 Å². The molecule has 0 aromatic heterocycles. The number of carbonyl (C=O) groups excluding carboxylic acids is 2. The molecular formula is C68H126O5. The fourth-order valence-corrected chi connectivity index (χ4v) is 10.0. The monoisotopic (exact) mass is 1020 g/mol. The Morgan fingerprint density at radius 1 is 0.329 bits per heavy atom. The fourth-order valence-electron chi connectivity index (χ4n) is 10.0. The highest BCUT2D eigenvalue weighted by Gasteiger charge is 2.16. The number of allylic oxidation sites excluding steroid dienone is 8. The van der Waals surface area contributed by atoms with Gasteiger partial charge in [0.2, 0.25) is 0 Å². The lowest BCUT2D eigenvalue weighted by Gasteiger charge is -2.15. The molecule has 0 saturated carbocycles. The van der Waals surface area contributed by atoms with Gasteiger partial charge >= 0.3 is 11.9 Å². The zero-order chi connectivity index (χ0) is 52.7. The number of ether oxygens (including phenoxy) is 2. The standard InChI is InChI=1S/C68H126O5/c1-3-5-7-9-11-13-15-17-19-21-23-25-27-29-31-33-35-36-38-40-42-44-46-48-50-52-54-56-58-60-62-67(70)72-65-66(64-69)73-68(71)63-61-59-57-55-53-51-49-47-45-43-41-39-37-34-32-30-28-26-24-22-20-18-16-14-12-10-8-6-4-2/h6,8,12,14,18,20,24,26,66,69H,3-5,7,9-11,13,15-17,19,21-23,25,27-65H2,1-2H3/b8-6-,14-12-,20-18-,26-24-. The van der Waals surface area contributed by atoms with E-state index in [0.717, 1.165) is 57.8 Å². The average Bonchev–Trinajstić information content (AvgIpc) is 3.39. The van der Waals surface area contributed by atoms with E-state index in [9.17, 15) is 14.7 Å². The van der Waals surface area contributed by atoms with E-state index in [0.29, 0.717) is 12.8 Å². The van der Waals surface area contributed by atoms with Crippen LogP contribution in [-0.4, -0.2) is 36.4 Å². The molecular weight excluding hydrogens is 897 g/mol. The molecule has 0 aromatic rings. The topological polar surface area (TPSA) is 72.8 Å². The molecule has 0 aliphatic rings. The van der Waals surface area contributed by atoms with E-state index in [1.807, 2.05) is 0 Å². The van der Waals surface area contributed by atoms with E-state index < -0.39 is 6.10 Å². The minimum absolute atomic E-state index is 0.0606. The molecule has 0 radical (unpaired) electrons. The molecule has 1 unspecified atom stereocenters. The van der Waals surface area contributed by atoms with Gasteiger partial charge in [-0.3, -0.25) is 9.59 Å². The third kappa shape index (κ3) is 62.3. The van der Waals surface area contributed by atoms with E-state index >= 15 is 0 Å². The lowest BCUT2D eigenvalue weighted by Crippen LogP contribution is -2.28. The molecule has 5 nitrogen and oxygen atoms in total. The Bertz CT molecular complexity index is 1200. The van der Waals surface area contributed by atoms with Crippen molar-refractivity contribution in [3.63, 3.8) is 0 Å². The van der Waals surface area contributed by atoms with E-state index in [-0.39, 0.29) is 25.2 Å². The second-order valence-corrected chi connectivity index (χ2v) is 22.2. The Balaban J connectivity index is 3.40. The van der Waals surface area contributed by atoms with Crippen LogP contribution in [0.1, 0.15) is 354 Å². The number of unbranched alkanes of at least 4 members (excludes halogenated alkanes) is 45. The second-order valence-electron chi connectivity index (χ2n) is 22.2. The van der Waals surface area contributed by atoms with Gasteiger partial charge in [0.25, 0.3) is 0 Å². The number of aliphatic hydroxyl groups is 1. The Kier molecular flexibility index (Phi) is 62.3. The Morgan fingerprint density at radius 2 is 0.589 bits per heavy atom. The molecule has 0 bridgehead atoms. The summed E-state index contributed by atoms with van der Waals surface area (Å²) in [5.74, 6) is -0.570. The maximum atomic E-state index is 12.3. The highest BCUT2D eigenvalue weighted by atomic mass is 16.6. The van der Waals surface area contributed by atoms with Crippen molar-refractivity contribution in [1.29, 1.82) is 0 Å². The maximum Gasteiger partial charge on any atom is 0.306 e. The SMILES string of the molecule is CC/C=C\C/C=C\C/C=C\C/C=C\CCCCCCCCCCCCCCCCCCC(=O)OC(CO)COC(=O)CCCCCCCCCCCCCCCCCCCCCCCCCCCCCCCC. The van der Waals surface area contributed by atoms with Gasteiger partial charge in [-0.25, -0.2) is 0 Å². The van der Waals surface area contributed by atoms with Crippen LogP contribution in [0.5, 0.6) is 0 Å². The van der Waals surface area contributed by atoms with Gasteiger partial charge in [0.15, 0.2) is 6.10 Å². The number of hydrogen-bond acceptors (Lipinski definition) is 5. The molecule has 0 rings (SSSR count). The van der Waals surface area contributed by atoms with Crippen LogP contribution in [-0.2, 0) is 19.1 Å². The summed E-state index contributed by atoms with van der Waals surface area (Å²) >= 11 is 0. The smallest absolute Gasteiger partial charge is 0.306 e. The predicted molar refractivity (Wildman–Crippen MR) is 321 cm³/mol. The first-order valence-corrected chi connectivity index (χ1v) is 32.7. The third-order valence-corrected chi connectivity index (χ3v) is 14.9. The van der Waals surface area contributed by atoms with Crippen molar-refractivity contribution in [2.24, 2.45) is 0 Å². The summed E-state index contributed by atoms with van der Waals surface area (Å²) in [5.41, 5.74) is 0. The van der Waals surface area contributed by atoms with Crippen LogP contribution in [0.25, 0.3) is 0 Å². The zero-order valence-corrected chi connectivity index (χ0v) is 49.2. The number of esters is 2. The molecule has 428 valence electrons. The summed E-state index contributed by atoms with van der Waals surface area (Å²) < 4.78 is 10.8. The molecule has 0 spiro atoms. The molecule has 5 heteroatoms. The summed E-state index contributed by atoms with van der Waals surface area (Å²) in [6, 6.07) is 0. The van der Waals surface area contributed by atoms with E-state index in [4.69, 9.17) is 9.47 Å². The summed E-state index contributed by atoms with van der Waals surface area (Å²) in [6.45, 7) is 4.09. The highest BCUT2D eigenvalue weighted by Crippen LogP contribution is 2.19. The maximum absolute atomic E-state index is 12.3. The van der Waals surface area contributed by atoms with Crippen LogP contribution in [0, 0.1) is 0 Å². The van der Waals surface area contributed by atoms with E-state index in [1.165, 1.54) is 270 Å². The molecule has 0 aliphatic carbocycles. The molecule has 0 aliphatic heterocycles. The van der Waals surface area contributed by atoms with Gasteiger partial charge in [-0.2, -0.15) is 0 Å². The number of carbonyl (C=O) groups is 2. The van der Waals surface area contributed by atoms with Gasteiger partial charge in [-0.05, 0) is 51.4 Å².